The number of nitrogens with one attached hydrogen (secondary N) is 1. The number of hydrogen-bond acceptors (Lipinski definition) is 2. The van der Waals surface area contributed by atoms with E-state index in [-0.39, 0.29) is 12.6 Å². The van der Waals surface area contributed by atoms with Crippen LogP contribution >= 0.6 is 0 Å². The number of alkyl halides is 1. The summed E-state index contributed by atoms with van der Waals surface area (Å²) in [6.07, 6.45) is -0.928. The minimum absolute atomic E-state index is 0.0981. The Morgan fingerprint density at radius 1 is 1.40 bits per heavy atom. The number of halogens is 1. The normalized spacial score (nSPS) is 17.4. The van der Waals surface area contributed by atoms with Gasteiger partial charge in [-0.25, -0.2) is 4.39 Å². The van der Waals surface area contributed by atoms with Crippen LogP contribution in [-0.4, -0.2) is 24.8 Å². The lowest BCUT2D eigenvalue weighted by Gasteiger charge is -2.19. The van der Waals surface area contributed by atoms with Crippen LogP contribution in [0.15, 0.2) is 0 Å². The lowest BCUT2D eigenvalue weighted by Crippen LogP contribution is -2.42. The first kappa shape index (κ1) is 9.85. The summed E-state index contributed by atoms with van der Waals surface area (Å²) >= 11 is 0. The fraction of sp³-hybridized carbons (Fsp3) is 1.00. The van der Waals surface area contributed by atoms with Gasteiger partial charge in [0, 0.05) is 18.6 Å². The summed E-state index contributed by atoms with van der Waals surface area (Å²) in [7, 11) is 0. The van der Waals surface area contributed by atoms with Gasteiger partial charge in [-0.2, -0.15) is 0 Å². The predicted molar refractivity (Wildman–Crippen MR) is 41.7 cm³/mol. The minimum Gasteiger partial charge on any atom is -0.328 e. The first-order valence-electron chi connectivity index (χ1n) is 3.68. The smallest absolute Gasteiger partial charge is 0.127 e. The Bertz CT molecular complexity index is 85.7. The Labute approximate surface area is 62.0 Å². The van der Waals surface area contributed by atoms with Gasteiger partial charge >= 0.3 is 0 Å². The zero-order chi connectivity index (χ0) is 8.15. The van der Waals surface area contributed by atoms with Gasteiger partial charge in [-0.1, -0.05) is 13.8 Å². The molecule has 0 aromatic carbocycles. The van der Waals surface area contributed by atoms with Crippen LogP contribution in [0.3, 0.4) is 0 Å². The summed E-state index contributed by atoms with van der Waals surface area (Å²) in [5.74, 6) is 0. The molecule has 0 rings (SSSR count). The van der Waals surface area contributed by atoms with E-state index in [4.69, 9.17) is 5.73 Å². The van der Waals surface area contributed by atoms with Crippen molar-refractivity contribution in [3.63, 3.8) is 0 Å². The standard InChI is InChI=1S/C7H17FN2/c1-5(2)10-6(3)7(8)4-9/h5-7,10H,4,9H2,1-3H3/t6?,7-/m1/s1. The van der Waals surface area contributed by atoms with E-state index in [0.29, 0.717) is 6.04 Å². The Balaban J connectivity index is 3.50. The van der Waals surface area contributed by atoms with Crippen molar-refractivity contribution >= 4 is 0 Å². The van der Waals surface area contributed by atoms with Gasteiger partial charge in [0.15, 0.2) is 0 Å². The molecule has 0 bridgehead atoms. The molecule has 0 saturated heterocycles. The molecule has 2 atom stereocenters. The van der Waals surface area contributed by atoms with E-state index in [1.807, 2.05) is 13.8 Å². The largest absolute Gasteiger partial charge is 0.328 e. The van der Waals surface area contributed by atoms with Crippen LogP contribution in [0.4, 0.5) is 4.39 Å². The summed E-state index contributed by atoms with van der Waals surface area (Å²) in [6, 6.07) is 0.185. The zero-order valence-electron chi connectivity index (χ0n) is 6.89. The molecular weight excluding hydrogens is 131 g/mol. The maximum absolute atomic E-state index is 12.7. The average molecular weight is 148 g/mol. The number of rotatable bonds is 4. The minimum atomic E-state index is -0.928. The molecule has 0 radical (unpaired) electrons. The van der Waals surface area contributed by atoms with Gasteiger partial charge in [-0.3, -0.25) is 0 Å². The number of hydrogen-bond donors (Lipinski definition) is 2. The predicted octanol–water partition coefficient (Wildman–Crippen LogP) is 0.670. The molecule has 0 amide bonds. The van der Waals surface area contributed by atoms with Crippen LogP contribution in [0.2, 0.25) is 0 Å². The molecule has 0 aliphatic rings. The van der Waals surface area contributed by atoms with Gasteiger partial charge < -0.3 is 11.1 Å². The summed E-state index contributed by atoms with van der Waals surface area (Å²) in [4.78, 5) is 0. The van der Waals surface area contributed by atoms with Crippen LogP contribution in [0, 0.1) is 0 Å². The van der Waals surface area contributed by atoms with E-state index >= 15 is 0 Å². The van der Waals surface area contributed by atoms with Crippen molar-refractivity contribution in [2.75, 3.05) is 6.54 Å². The number of nitrogens with two attached hydrogens (primary N) is 1. The van der Waals surface area contributed by atoms with E-state index < -0.39 is 6.17 Å². The maximum Gasteiger partial charge on any atom is 0.127 e. The molecule has 0 fully saturated rings. The lowest BCUT2D eigenvalue weighted by molar-refractivity contribution is 0.257. The molecule has 0 aliphatic carbocycles. The van der Waals surface area contributed by atoms with Crippen molar-refractivity contribution in [2.45, 2.75) is 39.0 Å². The highest BCUT2D eigenvalue weighted by Crippen LogP contribution is 1.96. The Morgan fingerprint density at radius 3 is 2.20 bits per heavy atom. The molecule has 3 N–H and O–H groups in total. The average Bonchev–Trinajstić information content (AvgIpc) is 1.85. The van der Waals surface area contributed by atoms with E-state index in [1.165, 1.54) is 0 Å². The first-order chi connectivity index (χ1) is 4.57. The highest BCUT2D eigenvalue weighted by atomic mass is 19.1. The van der Waals surface area contributed by atoms with Gasteiger partial charge in [0.2, 0.25) is 0 Å². The third kappa shape index (κ3) is 3.80. The van der Waals surface area contributed by atoms with Gasteiger partial charge in [-0.05, 0) is 6.92 Å². The molecule has 62 valence electrons. The second-order valence-electron chi connectivity index (χ2n) is 2.86. The summed E-state index contributed by atoms with van der Waals surface area (Å²) in [5, 5.41) is 3.04. The fourth-order valence-electron chi connectivity index (χ4n) is 0.834. The molecule has 0 aromatic rings. The topological polar surface area (TPSA) is 38.0 Å². The van der Waals surface area contributed by atoms with Crippen molar-refractivity contribution in [2.24, 2.45) is 5.73 Å². The molecule has 0 spiro atoms. The molecule has 0 heterocycles. The summed E-state index contributed by atoms with van der Waals surface area (Å²) < 4.78 is 12.7. The van der Waals surface area contributed by atoms with E-state index in [0.717, 1.165) is 0 Å². The van der Waals surface area contributed by atoms with Crippen molar-refractivity contribution in [3.8, 4) is 0 Å². The fourth-order valence-corrected chi connectivity index (χ4v) is 0.834. The monoisotopic (exact) mass is 148 g/mol. The van der Waals surface area contributed by atoms with Gasteiger partial charge in [-0.15, -0.1) is 0 Å². The van der Waals surface area contributed by atoms with Crippen LogP contribution in [0.1, 0.15) is 20.8 Å². The zero-order valence-corrected chi connectivity index (χ0v) is 6.89. The second-order valence-corrected chi connectivity index (χ2v) is 2.86. The van der Waals surface area contributed by atoms with Gasteiger partial charge in [0.25, 0.3) is 0 Å². The molecule has 3 heteroatoms. The van der Waals surface area contributed by atoms with Gasteiger partial charge in [0.1, 0.15) is 6.17 Å². The molecule has 2 nitrogen and oxygen atoms in total. The van der Waals surface area contributed by atoms with Crippen LogP contribution in [0.25, 0.3) is 0 Å². The Hall–Kier alpha value is -0.150. The maximum atomic E-state index is 12.7. The van der Waals surface area contributed by atoms with Crippen LogP contribution in [0.5, 0.6) is 0 Å². The van der Waals surface area contributed by atoms with Crippen molar-refractivity contribution < 1.29 is 4.39 Å². The highest BCUT2D eigenvalue weighted by molar-refractivity contribution is 4.73. The molecule has 0 saturated carbocycles. The van der Waals surface area contributed by atoms with Crippen molar-refractivity contribution in [1.82, 2.24) is 5.32 Å². The quantitative estimate of drug-likeness (QED) is 0.615. The van der Waals surface area contributed by atoms with Crippen LogP contribution < -0.4 is 11.1 Å². The Kier molecular flexibility index (Phi) is 4.56. The molecule has 0 aliphatic heterocycles. The lowest BCUT2D eigenvalue weighted by atomic mass is 10.2. The molecular formula is C7H17FN2. The highest BCUT2D eigenvalue weighted by Gasteiger charge is 2.13. The summed E-state index contributed by atoms with van der Waals surface area (Å²) in [5.41, 5.74) is 5.13. The first-order valence-corrected chi connectivity index (χ1v) is 3.68. The van der Waals surface area contributed by atoms with E-state index in [2.05, 4.69) is 5.32 Å². The van der Waals surface area contributed by atoms with Crippen LogP contribution in [-0.2, 0) is 0 Å². The third-order valence-corrected chi connectivity index (χ3v) is 1.36. The third-order valence-electron chi connectivity index (χ3n) is 1.36. The van der Waals surface area contributed by atoms with E-state index in [9.17, 15) is 4.39 Å². The SMILES string of the molecule is CC(C)NC(C)[C@H](F)CN. The van der Waals surface area contributed by atoms with Gasteiger partial charge in [0.05, 0.1) is 0 Å². The summed E-state index contributed by atoms with van der Waals surface area (Å²) in [6.45, 7) is 5.87. The molecule has 0 aromatic heterocycles. The molecule has 1 unspecified atom stereocenters. The van der Waals surface area contributed by atoms with Crippen molar-refractivity contribution in [3.05, 3.63) is 0 Å². The molecule has 10 heavy (non-hydrogen) atoms. The Morgan fingerprint density at radius 2 is 1.90 bits per heavy atom. The van der Waals surface area contributed by atoms with Crippen molar-refractivity contribution in [1.29, 1.82) is 0 Å². The van der Waals surface area contributed by atoms with E-state index in [1.54, 1.807) is 6.92 Å². The second kappa shape index (κ2) is 4.63.